The van der Waals surface area contributed by atoms with Crippen molar-refractivity contribution in [3.63, 3.8) is 0 Å². The topological polar surface area (TPSA) is 46.4 Å². The summed E-state index contributed by atoms with van der Waals surface area (Å²) >= 11 is 15.8. The van der Waals surface area contributed by atoms with Gasteiger partial charge >= 0.3 is 0 Å². The van der Waals surface area contributed by atoms with Crippen molar-refractivity contribution in [2.75, 3.05) is 0 Å². The standard InChI is InChI=1S/C24H20BrCl2N3O/c1-24(2,3)29-23(31)16-12-19(25)22-28-20(14-4-8-17(26)9-5-14)21(30(22)13-16)15-6-10-18(27)11-7-15/h4-13H,1-3H3,(H,29,31). The van der Waals surface area contributed by atoms with Crippen LogP contribution in [0.2, 0.25) is 10.0 Å². The van der Waals surface area contributed by atoms with Crippen molar-refractivity contribution < 1.29 is 4.79 Å². The third-order valence-corrected chi connectivity index (χ3v) is 5.75. The summed E-state index contributed by atoms with van der Waals surface area (Å²) in [5, 5.41) is 4.32. The molecule has 4 nitrogen and oxygen atoms in total. The van der Waals surface area contributed by atoms with E-state index in [9.17, 15) is 4.79 Å². The van der Waals surface area contributed by atoms with Gasteiger partial charge < -0.3 is 5.32 Å². The van der Waals surface area contributed by atoms with E-state index in [1.54, 1.807) is 6.07 Å². The summed E-state index contributed by atoms with van der Waals surface area (Å²) in [6.45, 7) is 5.86. The van der Waals surface area contributed by atoms with Crippen LogP contribution in [0.1, 0.15) is 31.1 Å². The van der Waals surface area contributed by atoms with Crippen molar-refractivity contribution in [2.45, 2.75) is 26.3 Å². The number of carbonyl (C=O) groups excluding carboxylic acids is 1. The molecule has 0 bridgehead atoms. The number of hydrogen-bond donors (Lipinski definition) is 1. The summed E-state index contributed by atoms with van der Waals surface area (Å²) in [5.74, 6) is -0.154. The van der Waals surface area contributed by atoms with Gasteiger partial charge in [-0.05, 0) is 67.0 Å². The number of aromatic nitrogens is 2. The van der Waals surface area contributed by atoms with E-state index in [2.05, 4.69) is 21.2 Å². The Bertz CT molecular complexity index is 1270. The number of benzene rings is 2. The second-order valence-electron chi connectivity index (χ2n) is 8.30. The van der Waals surface area contributed by atoms with Crippen LogP contribution in [-0.4, -0.2) is 20.8 Å². The van der Waals surface area contributed by atoms with Crippen LogP contribution in [0.15, 0.2) is 65.3 Å². The average Bonchev–Trinajstić information content (AvgIpc) is 3.08. The first-order valence-electron chi connectivity index (χ1n) is 9.68. The van der Waals surface area contributed by atoms with E-state index in [-0.39, 0.29) is 11.4 Å². The zero-order valence-corrected chi connectivity index (χ0v) is 20.3. The quantitative estimate of drug-likeness (QED) is 0.311. The van der Waals surface area contributed by atoms with E-state index in [1.165, 1.54) is 0 Å². The number of rotatable bonds is 3. The third-order valence-electron chi connectivity index (χ3n) is 4.66. The van der Waals surface area contributed by atoms with Crippen LogP contribution in [-0.2, 0) is 0 Å². The molecule has 2 heterocycles. The zero-order chi connectivity index (χ0) is 22.3. The molecule has 158 valence electrons. The van der Waals surface area contributed by atoms with Gasteiger partial charge in [-0.3, -0.25) is 9.20 Å². The van der Waals surface area contributed by atoms with Gasteiger partial charge in [0.1, 0.15) is 0 Å². The number of amides is 1. The first-order chi connectivity index (χ1) is 14.6. The van der Waals surface area contributed by atoms with Crippen LogP contribution in [0.4, 0.5) is 0 Å². The summed E-state index contributed by atoms with van der Waals surface area (Å²) < 4.78 is 2.67. The van der Waals surface area contributed by atoms with E-state index >= 15 is 0 Å². The minimum Gasteiger partial charge on any atom is -0.347 e. The average molecular weight is 517 g/mol. The second-order valence-corrected chi connectivity index (χ2v) is 10.0. The minimum atomic E-state index is -0.346. The molecule has 0 radical (unpaired) electrons. The number of imidazole rings is 1. The smallest absolute Gasteiger partial charge is 0.253 e. The number of fused-ring (bicyclic) bond motifs is 1. The molecule has 4 rings (SSSR count). The molecule has 1 N–H and O–H groups in total. The van der Waals surface area contributed by atoms with E-state index in [4.69, 9.17) is 28.2 Å². The number of carbonyl (C=O) groups is 1. The highest BCUT2D eigenvalue weighted by Gasteiger charge is 2.21. The highest BCUT2D eigenvalue weighted by atomic mass is 79.9. The van der Waals surface area contributed by atoms with E-state index in [0.717, 1.165) is 27.0 Å². The highest BCUT2D eigenvalue weighted by molar-refractivity contribution is 9.10. The number of hydrogen-bond acceptors (Lipinski definition) is 2. The van der Waals surface area contributed by atoms with E-state index in [0.29, 0.717) is 21.3 Å². The van der Waals surface area contributed by atoms with Crippen molar-refractivity contribution in [3.8, 4) is 22.5 Å². The van der Waals surface area contributed by atoms with Crippen molar-refractivity contribution in [1.29, 1.82) is 0 Å². The van der Waals surface area contributed by atoms with Crippen LogP contribution in [0.25, 0.3) is 28.2 Å². The molecule has 0 aliphatic heterocycles. The van der Waals surface area contributed by atoms with E-state index in [1.807, 2.05) is 79.9 Å². The molecule has 0 aliphatic rings. The van der Waals surface area contributed by atoms with Crippen LogP contribution in [0.5, 0.6) is 0 Å². The number of nitrogens with zero attached hydrogens (tertiary/aromatic N) is 2. The van der Waals surface area contributed by atoms with Crippen LogP contribution in [0, 0.1) is 0 Å². The van der Waals surface area contributed by atoms with Gasteiger partial charge in [0.2, 0.25) is 0 Å². The Kier molecular flexibility index (Phi) is 5.86. The number of nitrogens with one attached hydrogen (secondary N) is 1. The lowest BCUT2D eigenvalue weighted by atomic mass is 10.0. The Labute approximate surface area is 199 Å². The summed E-state index contributed by atoms with van der Waals surface area (Å²) in [7, 11) is 0. The van der Waals surface area contributed by atoms with Crippen LogP contribution in [0.3, 0.4) is 0 Å². The molecule has 0 aliphatic carbocycles. The third kappa shape index (κ3) is 4.64. The molecule has 0 saturated heterocycles. The normalized spacial score (nSPS) is 11.7. The Morgan fingerprint density at radius 3 is 2.06 bits per heavy atom. The minimum absolute atomic E-state index is 0.154. The number of pyridine rings is 1. The van der Waals surface area contributed by atoms with Crippen LogP contribution < -0.4 is 5.32 Å². The fourth-order valence-electron chi connectivity index (χ4n) is 3.33. The molecule has 31 heavy (non-hydrogen) atoms. The van der Waals surface area contributed by atoms with Gasteiger partial charge in [-0.2, -0.15) is 0 Å². The van der Waals surface area contributed by atoms with Gasteiger partial charge in [-0.25, -0.2) is 4.98 Å². The SMILES string of the molecule is CC(C)(C)NC(=O)c1cc(Br)c2nc(-c3ccc(Cl)cc3)c(-c3ccc(Cl)cc3)n2c1. The second kappa shape index (κ2) is 8.30. The van der Waals surface area contributed by atoms with Crippen LogP contribution >= 0.6 is 39.1 Å². The Balaban J connectivity index is 1.98. The van der Waals surface area contributed by atoms with Crippen molar-refractivity contribution in [2.24, 2.45) is 0 Å². The molecule has 7 heteroatoms. The summed E-state index contributed by atoms with van der Waals surface area (Å²) in [6, 6.07) is 16.9. The highest BCUT2D eigenvalue weighted by Crippen LogP contribution is 2.36. The lowest BCUT2D eigenvalue weighted by Gasteiger charge is -2.20. The first-order valence-corrected chi connectivity index (χ1v) is 11.2. The molecular formula is C24H20BrCl2N3O. The zero-order valence-electron chi connectivity index (χ0n) is 17.2. The molecule has 0 atom stereocenters. The fourth-order valence-corrected chi connectivity index (χ4v) is 4.11. The van der Waals surface area contributed by atoms with Gasteiger partial charge in [0, 0.05) is 32.9 Å². The monoisotopic (exact) mass is 515 g/mol. The fraction of sp³-hybridized carbons (Fsp3) is 0.167. The van der Waals surface area contributed by atoms with Crippen molar-refractivity contribution in [3.05, 3.63) is 80.9 Å². The first kappa shape index (κ1) is 21.9. The predicted octanol–water partition coefficient (Wildman–Crippen LogP) is 7.27. The summed E-state index contributed by atoms with van der Waals surface area (Å²) in [5.41, 5.74) is 4.40. The molecule has 2 aromatic carbocycles. The number of halogens is 3. The molecule has 0 spiro atoms. The Hall–Kier alpha value is -2.34. The lowest BCUT2D eigenvalue weighted by molar-refractivity contribution is 0.0919. The van der Waals surface area contributed by atoms with E-state index < -0.39 is 0 Å². The predicted molar refractivity (Wildman–Crippen MR) is 131 cm³/mol. The summed E-state index contributed by atoms with van der Waals surface area (Å²) in [4.78, 5) is 17.8. The Morgan fingerprint density at radius 2 is 1.52 bits per heavy atom. The molecule has 0 unspecified atom stereocenters. The Morgan fingerprint density at radius 1 is 0.968 bits per heavy atom. The van der Waals surface area contributed by atoms with Crippen molar-refractivity contribution in [1.82, 2.24) is 14.7 Å². The maximum absolute atomic E-state index is 12.9. The lowest BCUT2D eigenvalue weighted by Crippen LogP contribution is -2.40. The van der Waals surface area contributed by atoms with Gasteiger partial charge in [0.05, 0.1) is 21.4 Å². The molecule has 1 amide bonds. The molecule has 0 saturated carbocycles. The molecule has 0 fully saturated rings. The maximum atomic E-state index is 12.9. The van der Waals surface area contributed by atoms with Gasteiger partial charge in [0.25, 0.3) is 5.91 Å². The van der Waals surface area contributed by atoms with Gasteiger partial charge in [-0.15, -0.1) is 0 Å². The molecular weight excluding hydrogens is 497 g/mol. The summed E-state index contributed by atoms with van der Waals surface area (Å²) in [6.07, 6.45) is 1.82. The maximum Gasteiger partial charge on any atom is 0.253 e. The molecule has 4 aromatic rings. The van der Waals surface area contributed by atoms with Crippen molar-refractivity contribution >= 4 is 50.7 Å². The molecule has 2 aromatic heterocycles. The largest absolute Gasteiger partial charge is 0.347 e. The van der Waals surface area contributed by atoms with Gasteiger partial charge in [0.15, 0.2) is 5.65 Å². The van der Waals surface area contributed by atoms with Gasteiger partial charge in [-0.1, -0.05) is 47.5 Å².